The molecule has 0 bridgehead atoms. The van der Waals surface area contributed by atoms with Crippen LogP contribution in [0.5, 0.6) is 0 Å². The van der Waals surface area contributed by atoms with Crippen molar-refractivity contribution >= 4 is 39.7 Å². The number of carboxylic acids is 1. The number of carbonyl (C=O) groups excluding carboxylic acids is 2. The van der Waals surface area contributed by atoms with Crippen molar-refractivity contribution in [1.29, 1.82) is 0 Å². The number of halogens is 1. The molecule has 2 aromatic carbocycles. The molecule has 39 heavy (non-hydrogen) atoms. The Morgan fingerprint density at radius 2 is 1.72 bits per heavy atom. The Morgan fingerprint density at radius 3 is 2.36 bits per heavy atom. The van der Waals surface area contributed by atoms with E-state index in [4.69, 9.17) is 8.83 Å². The second kappa shape index (κ2) is 11.1. The molecule has 4 rings (SSSR count). The number of nitrogens with one attached hydrogen (secondary N) is 2. The number of hydrogen-bond acceptors (Lipinski definition) is 6. The summed E-state index contributed by atoms with van der Waals surface area (Å²) in [6.45, 7) is 6.56. The molecule has 10 heteroatoms. The third-order valence-electron chi connectivity index (χ3n) is 7.08. The lowest BCUT2D eigenvalue weighted by Gasteiger charge is -2.20. The van der Waals surface area contributed by atoms with Gasteiger partial charge < -0.3 is 24.6 Å². The van der Waals surface area contributed by atoms with Crippen molar-refractivity contribution in [1.82, 2.24) is 10.6 Å². The molecule has 2 atom stereocenters. The van der Waals surface area contributed by atoms with E-state index >= 15 is 0 Å². The fraction of sp³-hybridized carbons (Fsp3) is 0.310. The van der Waals surface area contributed by atoms with Gasteiger partial charge in [-0.2, -0.15) is 0 Å². The fourth-order valence-corrected chi connectivity index (χ4v) is 4.56. The van der Waals surface area contributed by atoms with E-state index < -0.39 is 36.0 Å². The summed E-state index contributed by atoms with van der Waals surface area (Å²) in [7, 11) is 0. The average molecular weight is 537 g/mol. The highest BCUT2D eigenvalue weighted by Gasteiger charge is 2.26. The molecule has 2 amide bonds. The lowest BCUT2D eigenvalue weighted by Crippen LogP contribution is -2.48. The summed E-state index contributed by atoms with van der Waals surface area (Å²) >= 11 is 0. The molecule has 0 aliphatic rings. The molecule has 9 nitrogen and oxygen atoms in total. The van der Waals surface area contributed by atoms with Crippen LogP contribution in [0, 0.1) is 25.6 Å². The topological polar surface area (TPSA) is 139 Å². The first-order valence-corrected chi connectivity index (χ1v) is 12.5. The molecule has 3 N–H and O–H groups in total. The lowest BCUT2D eigenvalue weighted by atomic mass is 9.97. The van der Waals surface area contributed by atoms with Crippen LogP contribution in [0.2, 0.25) is 0 Å². The molecule has 2 heterocycles. The first-order chi connectivity index (χ1) is 18.5. The molecule has 204 valence electrons. The molecule has 4 aromatic rings. The minimum atomic E-state index is -1.15. The van der Waals surface area contributed by atoms with Crippen LogP contribution in [0.1, 0.15) is 37.0 Å². The molecular weight excluding hydrogens is 507 g/mol. The number of benzene rings is 2. The van der Waals surface area contributed by atoms with E-state index in [1.165, 1.54) is 12.1 Å². The van der Waals surface area contributed by atoms with Crippen molar-refractivity contribution in [3.05, 3.63) is 69.5 Å². The van der Waals surface area contributed by atoms with Gasteiger partial charge in [0.25, 0.3) is 0 Å². The normalized spacial score (nSPS) is 12.8. The van der Waals surface area contributed by atoms with Crippen LogP contribution in [0.4, 0.5) is 4.39 Å². The summed E-state index contributed by atoms with van der Waals surface area (Å²) < 4.78 is 24.8. The summed E-state index contributed by atoms with van der Waals surface area (Å²) in [4.78, 5) is 49.2. The predicted molar refractivity (Wildman–Crippen MR) is 143 cm³/mol. The number of hydrogen-bond donors (Lipinski definition) is 3. The van der Waals surface area contributed by atoms with Crippen molar-refractivity contribution in [2.24, 2.45) is 5.92 Å². The quantitative estimate of drug-likeness (QED) is 0.272. The Hall–Kier alpha value is -4.47. The van der Waals surface area contributed by atoms with Gasteiger partial charge in [-0.05, 0) is 49.1 Å². The minimum Gasteiger partial charge on any atom is -0.480 e. The molecule has 0 saturated carbocycles. The molecule has 2 aromatic heterocycles. The van der Waals surface area contributed by atoms with E-state index in [2.05, 4.69) is 10.6 Å². The maximum atomic E-state index is 13.4. The molecule has 0 aliphatic heterocycles. The zero-order valence-corrected chi connectivity index (χ0v) is 22.0. The number of furan rings is 1. The van der Waals surface area contributed by atoms with E-state index in [0.717, 1.165) is 16.5 Å². The van der Waals surface area contributed by atoms with Gasteiger partial charge in [0.1, 0.15) is 23.0 Å². The Balaban J connectivity index is 1.59. The molecule has 0 fully saturated rings. The molecule has 2 unspecified atom stereocenters. The van der Waals surface area contributed by atoms with E-state index in [0.29, 0.717) is 34.1 Å². The second-order valence-corrected chi connectivity index (χ2v) is 9.63. The molecule has 0 aliphatic carbocycles. The third-order valence-corrected chi connectivity index (χ3v) is 7.08. The number of rotatable bonds is 9. The SMILES string of the molecule is CCC(C)C(NC(=O)CNC(=O)Cc1c(C)c2cc3c(-c4ccc(F)cc4)coc3c(C)c2oc1=O)C(=O)O. The number of carbonyl (C=O) groups is 3. The lowest BCUT2D eigenvalue weighted by molar-refractivity contribution is -0.143. The Morgan fingerprint density at radius 1 is 1.03 bits per heavy atom. The second-order valence-electron chi connectivity index (χ2n) is 9.63. The fourth-order valence-electron chi connectivity index (χ4n) is 4.56. The summed E-state index contributed by atoms with van der Waals surface area (Å²) in [5, 5.41) is 15.5. The van der Waals surface area contributed by atoms with Crippen LogP contribution >= 0.6 is 0 Å². The number of aliphatic carboxylic acids is 1. The Kier molecular flexibility index (Phi) is 7.85. The zero-order valence-electron chi connectivity index (χ0n) is 22.0. The van der Waals surface area contributed by atoms with Gasteiger partial charge in [-0.3, -0.25) is 9.59 Å². The van der Waals surface area contributed by atoms with Crippen molar-refractivity contribution in [3.63, 3.8) is 0 Å². The van der Waals surface area contributed by atoms with E-state index in [1.807, 2.05) is 13.0 Å². The maximum Gasteiger partial charge on any atom is 0.340 e. The highest BCUT2D eigenvalue weighted by Crippen LogP contribution is 2.37. The van der Waals surface area contributed by atoms with Gasteiger partial charge in [0.05, 0.1) is 24.8 Å². The monoisotopic (exact) mass is 536 g/mol. The Bertz CT molecular complexity index is 1640. The highest BCUT2D eigenvalue weighted by atomic mass is 19.1. The summed E-state index contributed by atoms with van der Waals surface area (Å²) in [6.07, 6.45) is 1.78. The predicted octanol–water partition coefficient (Wildman–Crippen LogP) is 4.24. The molecule has 0 radical (unpaired) electrons. The van der Waals surface area contributed by atoms with Crippen LogP contribution in [0.15, 0.2) is 50.2 Å². The first kappa shape index (κ1) is 27.6. The van der Waals surface area contributed by atoms with E-state index in [9.17, 15) is 28.7 Å². The van der Waals surface area contributed by atoms with Gasteiger partial charge in [-0.25, -0.2) is 14.0 Å². The van der Waals surface area contributed by atoms with Crippen molar-refractivity contribution < 1.29 is 32.7 Å². The molecule has 0 saturated heterocycles. The van der Waals surface area contributed by atoms with Gasteiger partial charge in [0, 0.05) is 21.9 Å². The number of amides is 2. The average Bonchev–Trinajstić information content (AvgIpc) is 3.33. The van der Waals surface area contributed by atoms with Crippen LogP contribution in [0.25, 0.3) is 33.1 Å². The number of carboxylic acid groups (broad SMARTS) is 1. The van der Waals surface area contributed by atoms with Gasteiger partial charge >= 0.3 is 11.6 Å². The third kappa shape index (κ3) is 5.55. The zero-order chi connectivity index (χ0) is 28.4. The summed E-state index contributed by atoms with van der Waals surface area (Å²) in [6, 6.07) is 6.74. The molecule has 0 spiro atoms. The van der Waals surface area contributed by atoms with Crippen molar-refractivity contribution in [3.8, 4) is 11.1 Å². The summed E-state index contributed by atoms with van der Waals surface area (Å²) in [5.74, 6) is -3.05. The highest BCUT2D eigenvalue weighted by molar-refractivity contribution is 6.05. The standard InChI is InChI=1S/C29H29FN2O7/c1-5-14(2)25(28(35)36)32-24(34)12-31-23(33)11-20-15(3)19-10-21-22(17-6-8-18(30)9-7-17)13-38-26(21)16(4)27(19)39-29(20)37/h6-10,13-14,25H,5,11-12H2,1-4H3,(H,31,33)(H,32,34)(H,35,36). The first-order valence-electron chi connectivity index (χ1n) is 12.5. The maximum absolute atomic E-state index is 13.4. The van der Waals surface area contributed by atoms with Crippen molar-refractivity contribution in [2.75, 3.05) is 6.54 Å². The van der Waals surface area contributed by atoms with Gasteiger partial charge in [-0.15, -0.1) is 0 Å². The van der Waals surface area contributed by atoms with Crippen LogP contribution in [-0.4, -0.2) is 35.5 Å². The van der Waals surface area contributed by atoms with Crippen molar-refractivity contribution in [2.45, 2.75) is 46.6 Å². The number of fused-ring (bicyclic) bond motifs is 2. The van der Waals surface area contributed by atoms with Crippen LogP contribution < -0.4 is 16.3 Å². The van der Waals surface area contributed by atoms with Crippen LogP contribution in [-0.2, 0) is 20.8 Å². The smallest absolute Gasteiger partial charge is 0.340 e. The largest absolute Gasteiger partial charge is 0.480 e. The van der Waals surface area contributed by atoms with Gasteiger partial charge in [-0.1, -0.05) is 32.4 Å². The van der Waals surface area contributed by atoms with Gasteiger partial charge in [0.15, 0.2) is 0 Å². The van der Waals surface area contributed by atoms with E-state index in [-0.39, 0.29) is 23.7 Å². The van der Waals surface area contributed by atoms with E-state index in [1.54, 1.807) is 39.2 Å². The summed E-state index contributed by atoms with van der Waals surface area (Å²) in [5.41, 5.74) is 2.95. The minimum absolute atomic E-state index is 0.133. The van der Waals surface area contributed by atoms with Crippen LogP contribution in [0.3, 0.4) is 0 Å². The Labute approximate surface area is 223 Å². The molecular formula is C29H29FN2O7. The number of aryl methyl sites for hydroxylation is 2. The van der Waals surface area contributed by atoms with Gasteiger partial charge in [0.2, 0.25) is 11.8 Å².